The Morgan fingerprint density at radius 2 is 2.11 bits per heavy atom. The van der Waals surface area contributed by atoms with E-state index in [0.29, 0.717) is 11.1 Å². The van der Waals surface area contributed by atoms with Crippen molar-refractivity contribution in [2.75, 3.05) is 16.5 Å². The zero-order valence-electron chi connectivity index (χ0n) is 13.8. The predicted molar refractivity (Wildman–Crippen MR) is 105 cm³/mol. The van der Waals surface area contributed by atoms with Gasteiger partial charge in [0.25, 0.3) is 0 Å². The average molecular weight is 405 g/mol. The highest BCUT2D eigenvalue weighted by Gasteiger charge is 2.10. The first-order valence-corrected chi connectivity index (χ1v) is 9.11. The predicted octanol–water partition coefficient (Wildman–Crippen LogP) is 3.77. The van der Waals surface area contributed by atoms with E-state index in [4.69, 9.17) is 11.6 Å². The minimum Gasteiger partial charge on any atom is -0.323 e. The van der Waals surface area contributed by atoms with Crippen LogP contribution in [0.4, 0.5) is 16.0 Å². The van der Waals surface area contributed by atoms with Crippen LogP contribution in [0.2, 0.25) is 5.02 Å². The van der Waals surface area contributed by atoms with E-state index in [9.17, 15) is 9.18 Å². The van der Waals surface area contributed by atoms with Crippen LogP contribution in [-0.4, -0.2) is 33.1 Å². The lowest BCUT2D eigenvalue weighted by molar-refractivity contribution is -0.113. The second-order valence-corrected chi connectivity index (χ2v) is 6.59. The molecule has 10 heteroatoms. The van der Waals surface area contributed by atoms with Crippen LogP contribution >= 0.6 is 23.4 Å². The molecule has 0 aliphatic carbocycles. The quantitative estimate of drug-likeness (QED) is 0.316. The SMILES string of the molecule is O=C(CSc1n[nH]c(N/N=C\c2ccccc2)n1)Nc1ccc(Cl)cc1F. The topological polar surface area (TPSA) is 95.1 Å². The van der Waals surface area contributed by atoms with Crippen LogP contribution in [0.15, 0.2) is 58.8 Å². The van der Waals surface area contributed by atoms with Crippen molar-refractivity contribution in [3.05, 3.63) is 64.9 Å². The van der Waals surface area contributed by atoms with Gasteiger partial charge in [-0.2, -0.15) is 10.1 Å². The number of hydrazone groups is 1. The molecule has 138 valence electrons. The van der Waals surface area contributed by atoms with Gasteiger partial charge in [-0.25, -0.2) is 14.9 Å². The summed E-state index contributed by atoms with van der Waals surface area (Å²) in [6.45, 7) is 0. The first-order valence-electron chi connectivity index (χ1n) is 7.74. The van der Waals surface area contributed by atoms with Crippen molar-refractivity contribution >= 4 is 47.1 Å². The number of hydrogen-bond acceptors (Lipinski definition) is 6. The molecule has 0 aliphatic rings. The Bertz CT molecular complexity index is 950. The maximum atomic E-state index is 13.7. The zero-order valence-corrected chi connectivity index (χ0v) is 15.4. The number of amides is 1. The third-order valence-corrected chi connectivity index (χ3v) is 4.27. The second-order valence-electron chi connectivity index (χ2n) is 5.21. The molecule has 0 saturated carbocycles. The summed E-state index contributed by atoms with van der Waals surface area (Å²) in [5, 5.41) is 13.8. The Morgan fingerprint density at radius 3 is 2.89 bits per heavy atom. The molecule has 1 amide bonds. The Morgan fingerprint density at radius 1 is 1.30 bits per heavy atom. The minimum atomic E-state index is -0.596. The lowest BCUT2D eigenvalue weighted by Crippen LogP contribution is -2.15. The number of halogens is 2. The van der Waals surface area contributed by atoms with Crippen molar-refractivity contribution in [1.29, 1.82) is 0 Å². The van der Waals surface area contributed by atoms with E-state index >= 15 is 0 Å². The number of thioether (sulfide) groups is 1. The van der Waals surface area contributed by atoms with E-state index in [2.05, 4.69) is 31.0 Å². The van der Waals surface area contributed by atoms with Crippen molar-refractivity contribution in [2.45, 2.75) is 5.16 Å². The normalized spacial score (nSPS) is 10.9. The standard InChI is InChI=1S/C17H14ClFN6OS/c18-12-6-7-14(13(19)8-12)21-15(26)10-27-17-22-16(24-25-17)23-20-9-11-4-2-1-3-5-11/h1-9H,10H2,(H,21,26)(H2,22,23,24,25)/b20-9-. The molecule has 0 bridgehead atoms. The molecule has 0 aliphatic heterocycles. The van der Waals surface area contributed by atoms with Crippen molar-refractivity contribution < 1.29 is 9.18 Å². The molecule has 27 heavy (non-hydrogen) atoms. The number of aromatic nitrogens is 3. The van der Waals surface area contributed by atoms with E-state index in [-0.39, 0.29) is 22.4 Å². The zero-order chi connectivity index (χ0) is 19.1. The molecule has 3 rings (SSSR count). The minimum absolute atomic E-state index is 0.0205. The van der Waals surface area contributed by atoms with Crippen molar-refractivity contribution in [1.82, 2.24) is 15.2 Å². The molecule has 2 aromatic carbocycles. The van der Waals surface area contributed by atoms with Gasteiger partial charge in [0.15, 0.2) is 0 Å². The highest BCUT2D eigenvalue weighted by molar-refractivity contribution is 7.99. The second kappa shape index (κ2) is 9.15. The number of hydrogen-bond donors (Lipinski definition) is 3. The molecule has 1 heterocycles. The van der Waals surface area contributed by atoms with Gasteiger partial charge in [0, 0.05) is 5.02 Å². The number of nitrogens with one attached hydrogen (secondary N) is 3. The van der Waals surface area contributed by atoms with Crippen LogP contribution in [0.1, 0.15) is 5.56 Å². The molecule has 3 N–H and O–H groups in total. The maximum absolute atomic E-state index is 13.7. The fourth-order valence-electron chi connectivity index (χ4n) is 1.98. The molecule has 3 aromatic rings. The fourth-order valence-corrected chi connectivity index (χ4v) is 2.73. The summed E-state index contributed by atoms with van der Waals surface area (Å²) in [7, 11) is 0. The van der Waals surface area contributed by atoms with E-state index in [1.165, 1.54) is 12.1 Å². The van der Waals surface area contributed by atoms with E-state index < -0.39 is 5.82 Å². The lowest BCUT2D eigenvalue weighted by Gasteiger charge is -2.05. The molecule has 0 fully saturated rings. The van der Waals surface area contributed by atoms with E-state index in [1.807, 2.05) is 30.3 Å². The Kier molecular flexibility index (Phi) is 6.39. The lowest BCUT2D eigenvalue weighted by atomic mass is 10.2. The molecular formula is C17H14ClFN6OS. The summed E-state index contributed by atoms with van der Waals surface area (Å²) < 4.78 is 13.7. The van der Waals surface area contributed by atoms with Gasteiger partial charge in [0.1, 0.15) is 5.82 Å². The third kappa shape index (κ3) is 5.80. The van der Waals surface area contributed by atoms with Gasteiger partial charge in [-0.3, -0.25) is 4.79 Å². The Labute approximate surface area is 163 Å². The smallest absolute Gasteiger partial charge is 0.240 e. The summed E-state index contributed by atoms with van der Waals surface area (Å²) in [4.78, 5) is 16.1. The molecule has 0 radical (unpaired) electrons. The first-order chi connectivity index (χ1) is 13.1. The number of carbonyl (C=O) groups excluding carboxylic acids is 1. The van der Waals surface area contributed by atoms with Crippen LogP contribution in [0.3, 0.4) is 0 Å². The Balaban J connectivity index is 1.47. The van der Waals surface area contributed by atoms with E-state index in [0.717, 1.165) is 23.4 Å². The number of rotatable bonds is 7. The van der Waals surface area contributed by atoms with Gasteiger partial charge < -0.3 is 5.32 Å². The average Bonchev–Trinajstić information content (AvgIpc) is 3.11. The van der Waals surface area contributed by atoms with Crippen LogP contribution < -0.4 is 10.7 Å². The van der Waals surface area contributed by atoms with Gasteiger partial charge in [0.05, 0.1) is 17.7 Å². The summed E-state index contributed by atoms with van der Waals surface area (Å²) in [6.07, 6.45) is 1.64. The summed E-state index contributed by atoms with van der Waals surface area (Å²) in [5.41, 5.74) is 3.72. The van der Waals surface area contributed by atoms with Crippen LogP contribution in [-0.2, 0) is 4.79 Å². The molecule has 0 unspecified atom stereocenters. The molecular weight excluding hydrogens is 391 g/mol. The van der Waals surface area contributed by atoms with Gasteiger partial charge in [-0.1, -0.05) is 53.7 Å². The summed E-state index contributed by atoms with van der Waals surface area (Å²) in [6, 6.07) is 13.6. The molecule has 1 aromatic heterocycles. The Hall–Kier alpha value is -2.91. The van der Waals surface area contributed by atoms with Crippen LogP contribution in [0, 0.1) is 5.82 Å². The van der Waals surface area contributed by atoms with Crippen molar-refractivity contribution in [3.8, 4) is 0 Å². The number of H-pyrrole nitrogens is 1. The van der Waals surface area contributed by atoms with E-state index in [1.54, 1.807) is 6.21 Å². The monoisotopic (exact) mass is 404 g/mol. The number of aromatic amines is 1. The van der Waals surface area contributed by atoms with Crippen LogP contribution in [0.5, 0.6) is 0 Å². The maximum Gasteiger partial charge on any atom is 0.240 e. The van der Waals surface area contributed by atoms with Gasteiger partial charge in [-0.15, -0.1) is 5.10 Å². The number of anilines is 2. The molecule has 0 saturated heterocycles. The van der Waals surface area contributed by atoms with Crippen molar-refractivity contribution in [2.24, 2.45) is 5.10 Å². The molecule has 7 nitrogen and oxygen atoms in total. The number of carbonyl (C=O) groups is 1. The first kappa shape index (κ1) is 18.9. The molecule has 0 spiro atoms. The highest BCUT2D eigenvalue weighted by atomic mass is 35.5. The third-order valence-electron chi connectivity index (χ3n) is 3.19. The largest absolute Gasteiger partial charge is 0.323 e. The summed E-state index contributed by atoms with van der Waals surface area (Å²) >= 11 is 6.78. The van der Waals surface area contributed by atoms with Crippen molar-refractivity contribution in [3.63, 3.8) is 0 Å². The number of benzene rings is 2. The van der Waals surface area contributed by atoms with Gasteiger partial charge >= 0.3 is 0 Å². The van der Waals surface area contributed by atoms with Gasteiger partial charge in [0.2, 0.25) is 17.0 Å². The molecule has 0 atom stereocenters. The van der Waals surface area contributed by atoms with Crippen LogP contribution in [0.25, 0.3) is 0 Å². The summed E-state index contributed by atoms with van der Waals surface area (Å²) in [5.74, 6) is -0.620. The van der Waals surface area contributed by atoms with Gasteiger partial charge in [-0.05, 0) is 23.8 Å². The fraction of sp³-hybridized carbons (Fsp3) is 0.0588. The number of nitrogens with zero attached hydrogens (tertiary/aromatic N) is 3. The highest BCUT2D eigenvalue weighted by Crippen LogP contribution is 2.20.